The van der Waals surface area contributed by atoms with E-state index in [2.05, 4.69) is 20.4 Å². The topological polar surface area (TPSA) is 91.6 Å². The van der Waals surface area contributed by atoms with Gasteiger partial charge >= 0.3 is 0 Å². The van der Waals surface area contributed by atoms with E-state index < -0.39 is 5.82 Å². The molecule has 0 spiro atoms. The Morgan fingerprint density at radius 3 is 2.47 bits per heavy atom. The predicted octanol–water partition coefficient (Wildman–Crippen LogP) is 4.88. The van der Waals surface area contributed by atoms with Gasteiger partial charge in [-0.3, -0.25) is 9.59 Å². The van der Waals surface area contributed by atoms with E-state index in [9.17, 15) is 14.0 Å². The summed E-state index contributed by atoms with van der Waals surface area (Å²) in [5.74, 6) is -0.476. The summed E-state index contributed by atoms with van der Waals surface area (Å²) in [5.41, 5.74) is 3.72. The fourth-order valence-electron chi connectivity index (χ4n) is 4.22. The van der Waals surface area contributed by atoms with E-state index in [1.54, 1.807) is 18.2 Å². The largest absolute Gasteiger partial charge is 0.411 e. The molecule has 4 aromatic rings. The molecule has 1 fully saturated rings. The van der Waals surface area contributed by atoms with Crippen LogP contribution < -0.4 is 10.2 Å². The Morgan fingerprint density at radius 2 is 1.74 bits per heavy atom. The summed E-state index contributed by atoms with van der Waals surface area (Å²) in [4.78, 5) is 29.3. The molecule has 1 aliphatic rings. The first kappa shape index (κ1) is 25.5. The molecule has 8 nitrogen and oxygen atoms in total. The van der Waals surface area contributed by atoms with Crippen LogP contribution in [0.5, 0.6) is 0 Å². The van der Waals surface area contributed by atoms with Crippen molar-refractivity contribution < 1.29 is 18.4 Å². The second kappa shape index (κ2) is 11.5. The number of thioether (sulfide) groups is 1. The fourth-order valence-corrected chi connectivity index (χ4v) is 4.78. The van der Waals surface area contributed by atoms with Crippen molar-refractivity contribution in [1.29, 1.82) is 0 Å². The highest BCUT2D eigenvalue weighted by atomic mass is 32.2. The van der Waals surface area contributed by atoms with Crippen molar-refractivity contribution in [2.45, 2.75) is 12.1 Å². The van der Waals surface area contributed by atoms with E-state index in [-0.39, 0.29) is 34.2 Å². The van der Waals surface area contributed by atoms with Crippen molar-refractivity contribution in [2.75, 3.05) is 42.1 Å². The second-order valence-electron chi connectivity index (χ2n) is 8.89. The third-order valence-electron chi connectivity index (χ3n) is 6.19. The smallest absolute Gasteiger partial charge is 0.277 e. The molecule has 5 rings (SSSR count). The Bertz CT molecular complexity index is 1430. The SMILES string of the molecule is Cc1cccc(C(=O)N2CCN(c3ccc(NC(=O)CSc4nnc(-c5ccccc5F)o4)cc3)CC2)c1. The van der Waals surface area contributed by atoms with Gasteiger partial charge in [0.2, 0.25) is 5.91 Å². The maximum absolute atomic E-state index is 13.9. The first-order chi connectivity index (χ1) is 18.5. The molecule has 2 amide bonds. The number of anilines is 2. The summed E-state index contributed by atoms with van der Waals surface area (Å²) in [6, 6.07) is 21.4. The molecule has 1 saturated heterocycles. The van der Waals surface area contributed by atoms with Gasteiger partial charge in [0.05, 0.1) is 11.3 Å². The van der Waals surface area contributed by atoms with Crippen molar-refractivity contribution in [2.24, 2.45) is 0 Å². The number of benzene rings is 3. The number of aromatic nitrogens is 2. The minimum Gasteiger partial charge on any atom is -0.411 e. The van der Waals surface area contributed by atoms with E-state index in [0.29, 0.717) is 18.8 Å². The number of nitrogens with zero attached hydrogens (tertiary/aromatic N) is 4. The Kier molecular flexibility index (Phi) is 7.69. The monoisotopic (exact) mass is 531 g/mol. The van der Waals surface area contributed by atoms with Gasteiger partial charge in [-0.25, -0.2) is 4.39 Å². The van der Waals surface area contributed by atoms with E-state index in [0.717, 1.165) is 41.7 Å². The molecular formula is C28H26FN5O3S. The number of piperazine rings is 1. The third-order valence-corrected chi connectivity index (χ3v) is 7.00. The van der Waals surface area contributed by atoms with Gasteiger partial charge in [-0.05, 0) is 55.5 Å². The van der Waals surface area contributed by atoms with Crippen LogP contribution in [0, 0.1) is 12.7 Å². The molecule has 194 valence electrons. The van der Waals surface area contributed by atoms with Gasteiger partial charge in [-0.1, -0.05) is 41.6 Å². The molecule has 38 heavy (non-hydrogen) atoms. The maximum Gasteiger partial charge on any atom is 0.277 e. The average molecular weight is 532 g/mol. The summed E-state index contributed by atoms with van der Waals surface area (Å²) < 4.78 is 19.4. The number of carbonyl (C=O) groups excluding carboxylic acids is 2. The minimum atomic E-state index is -0.452. The molecular weight excluding hydrogens is 505 g/mol. The molecule has 0 bridgehead atoms. The highest BCUT2D eigenvalue weighted by Gasteiger charge is 2.22. The summed E-state index contributed by atoms with van der Waals surface area (Å²) in [5, 5.41) is 10.8. The van der Waals surface area contributed by atoms with E-state index in [1.165, 1.54) is 6.07 Å². The highest BCUT2D eigenvalue weighted by Crippen LogP contribution is 2.25. The van der Waals surface area contributed by atoms with Gasteiger partial charge in [0.25, 0.3) is 17.0 Å². The van der Waals surface area contributed by atoms with Crippen LogP contribution in [-0.4, -0.2) is 58.8 Å². The zero-order valence-corrected chi connectivity index (χ0v) is 21.6. The van der Waals surface area contributed by atoms with E-state index in [1.807, 2.05) is 60.4 Å². The van der Waals surface area contributed by atoms with Gasteiger partial charge in [-0.2, -0.15) is 0 Å². The summed E-state index contributed by atoms with van der Waals surface area (Å²) in [6.45, 7) is 4.75. The fraction of sp³-hybridized carbons (Fsp3) is 0.214. The van der Waals surface area contributed by atoms with Crippen LogP contribution in [-0.2, 0) is 4.79 Å². The molecule has 0 aliphatic carbocycles. The van der Waals surface area contributed by atoms with Crippen LogP contribution in [0.25, 0.3) is 11.5 Å². The molecule has 10 heteroatoms. The molecule has 1 aliphatic heterocycles. The predicted molar refractivity (Wildman–Crippen MR) is 145 cm³/mol. The number of hydrogen-bond acceptors (Lipinski definition) is 7. The van der Waals surface area contributed by atoms with Crippen molar-refractivity contribution in [3.63, 3.8) is 0 Å². The minimum absolute atomic E-state index is 0.0632. The standard InChI is InChI=1S/C28H26FN5O3S/c1-19-5-4-6-20(17-19)27(36)34-15-13-33(14-16-34)22-11-9-21(10-12-22)30-25(35)18-38-28-32-31-26(37-28)23-7-2-3-8-24(23)29/h2-12,17H,13-16,18H2,1H3,(H,30,35). The average Bonchev–Trinajstić information content (AvgIpc) is 3.41. The van der Waals surface area contributed by atoms with Crippen molar-refractivity contribution in [3.8, 4) is 11.5 Å². The maximum atomic E-state index is 13.9. The third kappa shape index (κ3) is 6.03. The molecule has 3 aromatic carbocycles. The lowest BCUT2D eigenvalue weighted by Crippen LogP contribution is -2.48. The molecule has 1 N–H and O–H groups in total. The number of halogens is 1. The van der Waals surface area contributed by atoms with Gasteiger partial charge in [-0.15, -0.1) is 10.2 Å². The van der Waals surface area contributed by atoms with Crippen LogP contribution in [0.4, 0.5) is 15.8 Å². The number of amides is 2. The molecule has 0 unspecified atom stereocenters. The Morgan fingerprint density at radius 1 is 0.974 bits per heavy atom. The first-order valence-corrected chi connectivity index (χ1v) is 13.2. The molecule has 0 saturated carbocycles. The van der Waals surface area contributed by atoms with Crippen molar-refractivity contribution >= 4 is 35.0 Å². The van der Waals surface area contributed by atoms with Crippen LogP contribution in [0.2, 0.25) is 0 Å². The van der Waals surface area contributed by atoms with Crippen LogP contribution in [0.1, 0.15) is 15.9 Å². The lowest BCUT2D eigenvalue weighted by molar-refractivity contribution is -0.113. The first-order valence-electron chi connectivity index (χ1n) is 12.2. The highest BCUT2D eigenvalue weighted by molar-refractivity contribution is 7.99. The van der Waals surface area contributed by atoms with Crippen LogP contribution in [0.15, 0.2) is 82.4 Å². The second-order valence-corrected chi connectivity index (χ2v) is 9.81. The number of hydrogen-bond donors (Lipinski definition) is 1. The number of nitrogens with one attached hydrogen (secondary N) is 1. The Balaban J connectivity index is 1.09. The lowest BCUT2D eigenvalue weighted by Gasteiger charge is -2.36. The van der Waals surface area contributed by atoms with Gasteiger partial charge in [0, 0.05) is 43.1 Å². The molecule has 0 radical (unpaired) electrons. The van der Waals surface area contributed by atoms with E-state index in [4.69, 9.17) is 4.42 Å². The van der Waals surface area contributed by atoms with Crippen molar-refractivity contribution in [3.05, 3.63) is 89.7 Å². The normalized spacial score (nSPS) is 13.4. The number of aryl methyl sites for hydroxylation is 1. The van der Waals surface area contributed by atoms with Crippen LogP contribution in [0.3, 0.4) is 0 Å². The van der Waals surface area contributed by atoms with Crippen molar-refractivity contribution in [1.82, 2.24) is 15.1 Å². The van der Waals surface area contributed by atoms with E-state index >= 15 is 0 Å². The number of carbonyl (C=O) groups is 2. The quantitative estimate of drug-likeness (QED) is 0.340. The molecule has 1 aromatic heterocycles. The summed E-state index contributed by atoms with van der Waals surface area (Å²) in [6.07, 6.45) is 0. The zero-order valence-electron chi connectivity index (χ0n) is 20.8. The number of rotatable bonds is 7. The summed E-state index contributed by atoms with van der Waals surface area (Å²) in [7, 11) is 0. The van der Waals surface area contributed by atoms with Gasteiger partial charge in [0.15, 0.2) is 0 Å². The summed E-state index contributed by atoms with van der Waals surface area (Å²) >= 11 is 1.08. The van der Waals surface area contributed by atoms with Gasteiger partial charge < -0.3 is 19.5 Å². The molecule has 0 atom stereocenters. The lowest BCUT2D eigenvalue weighted by atomic mass is 10.1. The van der Waals surface area contributed by atoms with Gasteiger partial charge in [0.1, 0.15) is 5.82 Å². The Hall–Kier alpha value is -4.18. The zero-order chi connectivity index (χ0) is 26.5. The van der Waals surface area contributed by atoms with Crippen LogP contribution >= 0.6 is 11.8 Å². The Labute approximate surface area is 223 Å². The molecule has 2 heterocycles.